The molecule has 0 fully saturated rings. The van der Waals surface area contributed by atoms with Crippen molar-refractivity contribution in [2.24, 2.45) is 0 Å². The third-order valence-corrected chi connectivity index (χ3v) is 4.22. The highest BCUT2D eigenvalue weighted by atomic mass is 19.1. The lowest BCUT2D eigenvalue weighted by Gasteiger charge is -2.11. The van der Waals surface area contributed by atoms with Crippen molar-refractivity contribution in [3.05, 3.63) is 107 Å². The second-order valence-electron chi connectivity index (χ2n) is 6.42. The van der Waals surface area contributed by atoms with E-state index in [4.69, 9.17) is 4.74 Å². The minimum atomic E-state index is -1.23. The number of nitrogens with zero attached hydrogens (tertiary/aromatic N) is 1. The summed E-state index contributed by atoms with van der Waals surface area (Å²) < 4.78 is 32.6. The van der Waals surface area contributed by atoms with Gasteiger partial charge in [-0.1, -0.05) is 48.5 Å². The summed E-state index contributed by atoms with van der Waals surface area (Å²) in [5.74, 6) is -1.59. The van der Waals surface area contributed by atoms with Crippen LogP contribution >= 0.6 is 0 Å². The molecule has 0 saturated carbocycles. The number of carbonyl (C=O) groups excluding carboxylic acids is 1. The van der Waals surface area contributed by atoms with Crippen LogP contribution < -0.4 is 10.1 Å². The molecule has 0 bridgehead atoms. The summed E-state index contributed by atoms with van der Waals surface area (Å²) in [6.45, 7) is 0.418. The predicted octanol–water partition coefficient (Wildman–Crippen LogP) is 4.94. The molecule has 3 aromatic rings. The van der Waals surface area contributed by atoms with E-state index >= 15 is 0 Å². The molecule has 0 aliphatic carbocycles. The van der Waals surface area contributed by atoms with Crippen LogP contribution in [0.2, 0.25) is 0 Å². The molecule has 1 amide bonds. The zero-order valence-corrected chi connectivity index (χ0v) is 15.9. The van der Waals surface area contributed by atoms with Gasteiger partial charge in [-0.2, -0.15) is 5.26 Å². The second kappa shape index (κ2) is 9.99. The molecule has 0 heterocycles. The van der Waals surface area contributed by atoms with Crippen LogP contribution in [0.3, 0.4) is 0 Å². The highest BCUT2D eigenvalue weighted by Gasteiger charge is 2.17. The van der Waals surface area contributed by atoms with Gasteiger partial charge < -0.3 is 10.1 Å². The average Bonchev–Trinajstić information content (AvgIpc) is 2.76. The van der Waals surface area contributed by atoms with Gasteiger partial charge in [-0.05, 0) is 35.4 Å². The number of rotatable bonds is 7. The van der Waals surface area contributed by atoms with Gasteiger partial charge >= 0.3 is 0 Å². The van der Waals surface area contributed by atoms with Crippen molar-refractivity contribution in [1.82, 2.24) is 5.32 Å². The van der Waals surface area contributed by atoms with Crippen LogP contribution in [-0.2, 0) is 11.4 Å². The van der Waals surface area contributed by atoms with E-state index in [1.807, 2.05) is 36.4 Å². The highest BCUT2D eigenvalue weighted by molar-refractivity contribution is 5.92. The lowest BCUT2D eigenvalue weighted by atomic mass is 10.1. The fourth-order valence-corrected chi connectivity index (χ4v) is 2.73. The topological polar surface area (TPSA) is 62.1 Å². The summed E-state index contributed by atoms with van der Waals surface area (Å²) in [5.41, 5.74) is 1.66. The molecule has 6 heteroatoms. The molecule has 3 aromatic carbocycles. The van der Waals surface area contributed by atoms with Gasteiger partial charge in [-0.3, -0.25) is 4.79 Å². The monoisotopic (exact) mass is 404 g/mol. The van der Waals surface area contributed by atoms with Crippen LogP contribution in [0, 0.1) is 23.0 Å². The fraction of sp³-hybridized carbons (Fsp3) is 0.0833. The summed E-state index contributed by atoms with van der Waals surface area (Å²) in [6, 6.07) is 20.3. The Morgan fingerprint density at radius 3 is 2.60 bits per heavy atom. The molecule has 30 heavy (non-hydrogen) atoms. The molecule has 3 rings (SSSR count). The van der Waals surface area contributed by atoms with E-state index in [-0.39, 0.29) is 5.56 Å². The zero-order valence-electron chi connectivity index (χ0n) is 15.9. The van der Waals surface area contributed by atoms with Crippen LogP contribution in [0.15, 0.2) is 78.9 Å². The first kappa shape index (κ1) is 20.7. The average molecular weight is 404 g/mol. The number of benzene rings is 3. The Labute approximate surface area is 173 Å². The number of hydrogen-bond donors (Lipinski definition) is 1. The summed E-state index contributed by atoms with van der Waals surface area (Å²) >= 11 is 0. The number of halogens is 2. The first-order valence-electron chi connectivity index (χ1n) is 9.15. The standard InChI is InChI=1S/C24H18F2N2O2/c25-19-10-11-21(22(26)14-19)23(15-27)28-24(29)12-9-17-7-4-8-20(13-17)30-16-18-5-2-1-3-6-18/h1-14,23H,16H2,(H,28,29)/b12-9+. The van der Waals surface area contributed by atoms with Crippen molar-refractivity contribution >= 4 is 12.0 Å². The van der Waals surface area contributed by atoms with Gasteiger partial charge in [0.25, 0.3) is 0 Å². The first-order valence-corrected chi connectivity index (χ1v) is 9.15. The number of nitriles is 1. The van der Waals surface area contributed by atoms with Crippen LogP contribution in [0.4, 0.5) is 8.78 Å². The molecular formula is C24H18F2N2O2. The van der Waals surface area contributed by atoms with Crippen LogP contribution in [-0.4, -0.2) is 5.91 Å². The van der Waals surface area contributed by atoms with Crippen molar-refractivity contribution < 1.29 is 18.3 Å². The molecule has 0 aromatic heterocycles. The van der Waals surface area contributed by atoms with E-state index in [9.17, 15) is 18.8 Å². The lowest BCUT2D eigenvalue weighted by Crippen LogP contribution is -2.26. The van der Waals surface area contributed by atoms with Crippen molar-refractivity contribution in [3.8, 4) is 11.8 Å². The Morgan fingerprint density at radius 1 is 1.07 bits per heavy atom. The highest BCUT2D eigenvalue weighted by Crippen LogP contribution is 2.18. The maximum absolute atomic E-state index is 13.9. The molecule has 0 saturated heterocycles. The Bertz CT molecular complexity index is 1090. The Morgan fingerprint density at radius 2 is 1.87 bits per heavy atom. The largest absolute Gasteiger partial charge is 0.489 e. The van der Waals surface area contributed by atoms with E-state index in [2.05, 4.69) is 5.32 Å². The summed E-state index contributed by atoms with van der Waals surface area (Å²) in [7, 11) is 0. The SMILES string of the molecule is N#CC(NC(=O)/C=C/c1cccc(OCc2ccccc2)c1)c1ccc(F)cc1F. The Balaban J connectivity index is 1.62. The lowest BCUT2D eigenvalue weighted by molar-refractivity contribution is -0.116. The predicted molar refractivity (Wildman–Crippen MR) is 109 cm³/mol. The number of hydrogen-bond acceptors (Lipinski definition) is 3. The van der Waals surface area contributed by atoms with Gasteiger partial charge in [0.05, 0.1) is 6.07 Å². The fourth-order valence-electron chi connectivity index (χ4n) is 2.73. The number of ether oxygens (including phenoxy) is 1. The van der Waals surface area contributed by atoms with E-state index in [1.165, 1.54) is 6.08 Å². The van der Waals surface area contributed by atoms with Gasteiger partial charge in [0, 0.05) is 17.7 Å². The van der Waals surface area contributed by atoms with Gasteiger partial charge in [0.2, 0.25) is 5.91 Å². The summed E-state index contributed by atoms with van der Waals surface area (Å²) in [5, 5.41) is 11.6. The molecule has 0 radical (unpaired) electrons. The van der Waals surface area contributed by atoms with Gasteiger partial charge in [0.15, 0.2) is 0 Å². The smallest absolute Gasteiger partial charge is 0.245 e. The quantitative estimate of drug-likeness (QED) is 0.568. The minimum Gasteiger partial charge on any atom is -0.489 e. The third-order valence-electron chi connectivity index (χ3n) is 4.22. The van der Waals surface area contributed by atoms with E-state index < -0.39 is 23.6 Å². The van der Waals surface area contributed by atoms with Crippen molar-refractivity contribution in [2.45, 2.75) is 12.6 Å². The zero-order chi connectivity index (χ0) is 21.3. The first-order chi connectivity index (χ1) is 14.5. The molecular weight excluding hydrogens is 386 g/mol. The third kappa shape index (κ3) is 5.76. The number of carbonyl (C=O) groups is 1. The molecule has 4 nitrogen and oxygen atoms in total. The maximum atomic E-state index is 13.9. The number of amides is 1. The number of nitrogens with one attached hydrogen (secondary N) is 1. The molecule has 0 aliphatic rings. The summed E-state index contributed by atoms with van der Waals surface area (Å²) in [4.78, 5) is 12.2. The molecule has 0 aliphatic heterocycles. The van der Waals surface area contributed by atoms with Gasteiger partial charge in [-0.15, -0.1) is 0 Å². The van der Waals surface area contributed by atoms with E-state index in [0.29, 0.717) is 18.4 Å². The molecule has 1 unspecified atom stereocenters. The molecule has 0 spiro atoms. The molecule has 1 N–H and O–H groups in total. The van der Waals surface area contributed by atoms with Crippen LogP contribution in [0.25, 0.3) is 6.08 Å². The minimum absolute atomic E-state index is 0.100. The molecule has 1 atom stereocenters. The second-order valence-corrected chi connectivity index (χ2v) is 6.42. The van der Waals surface area contributed by atoms with Gasteiger partial charge in [-0.25, -0.2) is 8.78 Å². The van der Waals surface area contributed by atoms with E-state index in [1.54, 1.807) is 30.3 Å². The maximum Gasteiger partial charge on any atom is 0.245 e. The van der Waals surface area contributed by atoms with E-state index in [0.717, 1.165) is 23.3 Å². The summed E-state index contributed by atoms with van der Waals surface area (Å²) in [6.07, 6.45) is 2.79. The van der Waals surface area contributed by atoms with Crippen molar-refractivity contribution in [1.29, 1.82) is 5.26 Å². The normalized spacial score (nSPS) is 11.6. The van der Waals surface area contributed by atoms with Crippen LogP contribution in [0.5, 0.6) is 5.75 Å². The van der Waals surface area contributed by atoms with Crippen LogP contribution in [0.1, 0.15) is 22.7 Å². The van der Waals surface area contributed by atoms with Crippen molar-refractivity contribution in [3.63, 3.8) is 0 Å². The Hall–Kier alpha value is -3.98. The van der Waals surface area contributed by atoms with Gasteiger partial charge in [0.1, 0.15) is 30.0 Å². The molecule has 150 valence electrons. The van der Waals surface area contributed by atoms with Crippen molar-refractivity contribution in [2.75, 3.05) is 0 Å². The Kier molecular flexibility index (Phi) is 6.91.